The van der Waals surface area contributed by atoms with Crippen LogP contribution in [0.2, 0.25) is 0 Å². The van der Waals surface area contributed by atoms with Gasteiger partial charge in [0.25, 0.3) is 5.56 Å². The molecule has 0 aliphatic carbocycles. The fraction of sp³-hybridized carbons (Fsp3) is 0.250. The van der Waals surface area contributed by atoms with Gasteiger partial charge in [0.15, 0.2) is 0 Å². The first kappa shape index (κ1) is 9.77. The lowest BCUT2D eigenvalue weighted by Gasteiger charge is -2.05. The first-order chi connectivity index (χ1) is 7.24. The number of H-pyrrole nitrogens is 1. The minimum Gasteiger partial charge on any atom is -0.357 e. The molecule has 0 fully saturated rings. The topological polar surface area (TPSA) is 37.8 Å². The molecule has 1 N–H and O–H groups in total. The molecule has 0 aromatic carbocycles. The highest BCUT2D eigenvalue weighted by molar-refractivity contribution is 5.81. The Bertz CT molecular complexity index is 548. The van der Waals surface area contributed by atoms with E-state index in [0.717, 1.165) is 17.4 Å². The molecule has 0 saturated carbocycles. The van der Waals surface area contributed by atoms with Crippen molar-refractivity contribution in [2.45, 2.75) is 19.9 Å². The molecular weight excluding hydrogens is 188 g/mol. The van der Waals surface area contributed by atoms with Crippen molar-refractivity contribution in [3.63, 3.8) is 0 Å². The minimum absolute atomic E-state index is 0.0439. The molecule has 0 atom stereocenters. The molecule has 0 amide bonds. The highest BCUT2D eigenvalue weighted by atomic mass is 16.1. The first-order valence-electron chi connectivity index (χ1n) is 5.02. The molecule has 0 unspecified atom stereocenters. The van der Waals surface area contributed by atoms with Crippen LogP contribution < -0.4 is 5.56 Å². The molecule has 15 heavy (non-hydrogen) atoms. The van der Waals surface area contributed by atoms with Gasteiger partial charge in [-0.2, -0.15) is 0 Å². The fourth-order valence-electron chi connectivity index (χ4n) is 1.78. The summed E-state index contributed by atoms with van der Waals surface area (Å²) in [5, 5.41) is 1.01. The molecule has 2 heterocycles. The quantitative estimate of drug-likeness (QED) is 0.761. The number of aryl methyl sites for hydroxylation is 2. The van der Waals surface area contributed by atoms with E-state index in [9.17, 15) is 4.79 Å². The monoisotopic (exact) mass is 202 g/mol. The van der Waals surface area contributed by atoms with Gasteiger partial charge in [0.05, 0.1) is 0 Å². The number of aromatic nitrogens is 2. The van der Waals surface area contributed by atoms with E-state index >= 15 is 0 Å². The van der Waals surface area contributed by atoms with Crippen molar-refractivity contribution in [2.24, 2.45) is 0 Å². The zero-order chi connectivity index (χ0) is 10.8. The van der Waals surface area contributed by atoms with Crippen molar-refractivity contribution in [2.75, 3.05) is 0 Å². The molecule has 0 bridgehead atoms. The molecule has 78 valence electrons. The SMILES string of the molecule is C=CCCn1cc(C)c2cc[nH]c2c1=O. The number of hydrogen-bond acceptors (Lipinski definition) is 1. The van der Waals surface area contributed by atoms with Gasteiger partial charge < -0.3 is 9.55 Å². The number of pyridine rings is 1. The largest absolute Gasteiger partial charge is 0.357 e. The van der Waals surface area contributed by atoms with E-state index in [1.807, 2.05) is 25.3 Å². The average Bonchev–Trinajstić information content (AvgIpc) is 2.70. The van der Waals surface area contributed by atoms with Crippen LogP contribution in [-0.2, 0) is 6.54 Å². The Kier molecular flexibility index (Phi) is 2.46. The van der Waals surface area contributed by atoms with E-state index in [0.29, 0.717) is 12.1 Å². The maximum atomic E-state index is 11.9. The summed E-state index contributed by atoms with van der Waals surface area (Å²) in [4.78, 5) is 14.9. The number of allylic oxidation sites excluding steroid dienone is 1. The van der Waals surface area contributed by atoms with Gasteiger partial charge in [-0.25, -0.2) is 0 Å². The van der Waals surface area contributed by atoms with Gasteiger partial charge >= 0.3 is 0 Å². The second-order valence-electron chi connectivity index (χ2n) is 3.65. The van der Waals surface area contributed by atoms with Crippen LogP contribution in [0.25, 0.3) is 10.9 Å². The molecule has 3 heteroatoms. The van der Waals surface area contributed by atoms with E-state index in [1.54, 1.807) is 10.8 Å². The lowest BCUT2D eigenvalue weighted by molar-refractivity contribution is 0.684. The summed E-state index contributed by atoms with van der Waals surface area (Å²) in [5.41, 5.74) is 1.86. The van der Waals surface area contributed by atoms with Gasteiger partial charge in [0.2, 0.25) is 0 Å². The van der Waals surface area contributed by atoms with Crippen molar-refractivity contribution in [3.05, 3.63) is 47.0 Å². The van der Waals surface area contributed by atoms with Crippen LogP contribution in [0.5, 0.6) is 0 Å². The van der Waals surface area contributed by atoms with Crippen LogP contribution in [0.15, 0.2) is 35.9 Å². The number of nitrogens with one attached hydrogen (secondary N) is 1. The predicted molar refractivity (Wildman–Crippen MR) is 62.1 cm³/mol. The summed E-state index contributed by atoms with van der Waals surface area (Å²) in [7, 11) is 0. The molecule has 0 spiro atoms. The number of nitrogens with zero attached hydrogens (tertiary/aromatic N) is 1. The summed E-state index contributed by atoms with van der Waals surface area (Å²) >= 11 is 0. The average molecular weight is 202 g/mol. The Labute approximate surface area is 88.0 Å². The Morgan fingerprint density at radius 3 is 3.13 bits per heavy atom. The van der Waals surface area contributed by atoms with Crippen molar-refractivity contribution < 1.29 is 0 Å². The standard InChI is InChI=1S/C12H14N2O/c1-3-4-7-14-8-9(2)10-5-6-13-11(10)12(14)15/h3,5-6,8,13H,1,4,7H2,2H3. The van der Waals surface area contributed by atoms with Gasteiger partial charge in [-0.05, 0) is 25.0 Å². The molecule has 2 aromatic rings. The van der Waals surface area contributed by atoms with Crippen molar-refractivity contribution in [1.29, 1.82) is 0 Å². The number of aromatic amines is 1. The van der Waals surface area contributed by atoms with E-state index in [4.69, 9.17) is 0 Å². The van der Waals surface area contributed by atoms with Crippen molar-refractivity contribution in [3.8, 4) is 0 Å². The lowest BCUT2D eigenvalue weighted by atomic mass is 10.2. The van der Waals surface area contributed by atoms with Crippen LogP contribution in [-0.4, -0.2) is 9.55 Å². The van der Waals surface area contributed by atoms with Crippen LogP contribution in [0.4, 0.5) is 0 Å². The molecule has 0 saturated heterocycles. The summed E-state index contributed by atoms with van der Waals surface area (Å²) in [6.07, 6.45) is 6.34. The van der Waals surface area contributed by atoms with E-state index in [-0.39, 0.29) is 5.56 Å². The van der Waals surface area contributed by atoms with E-state index in [1.165, 1.54) is 0 Å². The second kappa shape index (κ2) is 3.77. The summed E-state index contributed by atoms with van der Waals surface area (Å²) in [6, 6.07) is 1.93. The maximum absolute atomic E-state index is 11.9. The zero-order valence-electron chi connectivity index (χ0n) is 8.79. The normalized spacial score (nSPS) is 10.7. The zero-order valence-corrected chi connectivity index (χ0v) is 8.79. The Morgan fingerprint density at radius 1 is 1.60 bits per heavy atom. The fourth-order valence-corrected chi connectivity index (χ4v) is 1.78. The molecule has 2 rings (SSSR count). The third kappa shape index (κ3) is 1.61. The number of fused-ring (bicyclic) bond motifs is 1. The Balaban J connectivity index is 2.61. The van der Waals surface area contributed by atoms with Gasteiger partial charge in [0.1, 0.15) is 5.52 Å². The molecule has 0 aliphatic heterocycles. The van der Waals surface area contributed by atoms with Gasteiger partial charge in [-0.3, -0.25) is 4.79 Å². The summed E-state index contributed by atoms with van der Waals surface area (Å²) in [5.74, 6) is 0. The Hall–Kier alpha value is -1.77. The molecule has 0 radical (unpaired) electrons. The van der Waals surface area contributed by atoms with Gasteiger partial charge in [-0.1, -0.05) is 6.08 Å². The smallest absolute Gasteiger partial charge is 0.274 e. The lowest BCUT2D eigenvalue weighted by Crippen LogP contribution is -2.20. The van der Waals surface area contributed by atoms with E-state index in [2.05, 4.69) is 11.6 Å². The van der Waals surface area contributed by atoms with Gasteiger partial charge in [0, 0.05) is 24.3 Å². The molecule has 0 aliphatic rings. The third-order valence-electron chi connectivity index (χ3n) is 2.57. The number of hydrogen-bond donors (Lipinski definition) is 1. The maximum Gasteiger partial charge on any atom is 0.274 e. The van der Waals surface area contributed by atoms with Crippen LogP contribution in [0.3, 0.4) is 0 Å². The molecule has 3 nitrogen and oxygen atoms in total. The first-order valence-corrected chi connectivity index (χ1v) is 5.02. The summed E-state index contributed by atoms with van der Waals surface area (Å²) < 4.78 is 1.73. The van der Waals surface area contributed by atoms with Crippen molar-refractivity contribution >= 4 is 10.9 Å². The minimum atomic E-state index is 0.0439. The van der Waals surface area contributed by atoms with Crippen LogP contribution in [0.1, 0.15) is 12.0 Å². The van der Waals surface area contributed by atoms with Crippen LogP contribution in [0, 0.1) is 6.92 Å². The number of rotatable bonds is 3. The Morgan fingerprint density at radius 2 is 2.40 bits per heavy atom. The van der Waals surface area contributed by atoms with Crippen molar-refractivity contribution in [1.82, 2.24) is 9.55 Å². The summed E-state index contributed by atoms with van der Waals surface area (Å²) in [6.45, 7) is 6.36. The molecule has 2 aromatic heterocycles. The highest BCUT2D eigenvalue weighted by Crippen LogP contribution is 2.12. The van der Waals surface area contributed by atoms with E-state index < -0.39 is 0 Å². The highest BCUT2D eigenvalue weighted by Gasteiger charge is 2.05. The van der Waals surface area contributed by atoms with Gasteiger partial charge in [-0.15, -0.1) is 6.58 Å². The van der Waals surface area contributed by atoms with Crippen LogP contribution >= 0.6 is 0 Å². The third-order valence-corrected chi connectivity index (χ3v) is 2.57. The predicted octanol–water partition coefficient (Wildman–Crippen LogP) is 2.21. The molecular formula is C12H14N2O. The second-order valence-corrected chi connectivity index (χ2v) is 3.65.